The van der Waals surface area contributed by atoms with Crippen molar-refractivity contribution in [2.75, 3.05) is 13.1 Å². The molecule has 1 N–H and O–H groups in total. The summed E-state index contributed by atoms with van der Waals surface area (Å²) in [5.41, 5.74) is 1.67. The third kappa shape index (κ3) is 3.44. The fraction of sp³-hybridized carbons (Fsp3) is 0.647. The minimum absolute atomic E-state index is 0.117. The third-order valence-electron chi connectivity index (χ3n) is 5.19. The molecule has 2 saturated carbocycles. The number of carbonyl (C=O) groups is 1. The van der Waals surface area contributed by atoms with Crippen molar-refractivity contribution in [3.63, 3.8) is 0 Å². The van der Waals surface area contributed by atoms with Crippen molar-refractivity contribution in [2.45, 2.75) is 50.9 Å². The normalized spacial score (nSPS) is 21.3. The molecule has 8 heteroatoms. The Labute approximate surface area is 146 Å². The van der Waals surface area contributed by atoms with Crippen LogP contribution in [0.4, 0.5) is 0 Å². The lowest BCUT2D eigenvalue weighted by atomic mass is 10.1. The molecule has 2 aromatic heterocycles. The van der Waals surface area contributed by atoms with Crippen molar-refractivity contribution in [3.8, 4) is 0 Å². The van der Waals surface area contributed by atoms with Gasteiger partial charge in [-0.2, -0.15) is 5.10 Å². The van der Waals surface area contributed by atoms with E-state index >= 15 is 0 Å². The van der Waals surface area contributed by atoms with Crippen LogP contribution in [-0.4, -0.2) is 54.7 Å². The second kappa shape index (κ2) is 5.94. The number of carbonyl (C=O) groups excluding carboxylic acids is 1. The monoisotopic (exact) mass is 341 g/mol. The summed E-state index contributed by atoms with van der Waals surface area (Å²) in [5, 5.41) is 15.5. The molecule has 3 heterocycles. The van der Waals surface area contributed by atoms with Gasteiger partial charge >= 0.3 is 0 Å². The molecule has 8 nitrogen and oxygen atoms in total. The molecule has 0 atom stereocenters. The maximum Gasteiger partial charge on any atom is 0.273 e. The fourth-order valence-corrected chi connectivity index (χ4v) is 3.36. The van der Waals surface area contributed by atoms with E-state index in [0.29, 0.717) is 11.7 Å². The van der Waals surface area contributed by atoms with Crippen LogP contribution in [0.25, 0.3) is 0 Å². The standard InChI is InChI=1S/C17H23N7O/c25-17(16-11-24(21-20-16)15-3-4-15)19-14-9-22(10-14)6-13-5-18-23(8-13)7-12-1-2-12/h5,8,11-12,14-15H,1-4,6-7,9-10H2,(H,19,25). The summed E-state index contributed by atoms with van der Waals surface area (Å²) < 4.78 is 3.87. The molecule has 3 fully saturated rings. The molecule has 5 rings (SSSR count). The summed E-state index contributed by atoms with van der Waals surface area (Å²) >= 11 is 0. The maximum absolute atomic E-state index is 12.2. The fourth-order valence-electron chi connectivity index (χ4n) is 3.36. The van der Waals surface area contributed by atoms with Crippen molar-refractivity contribution in [2.24, 2.45) is 5.92 Å². The lowest BCUT2D eigenvalue weighted by molar-refractivity contribution is 0.0790. The molecule has 0 spiro atoms. The van der Waals surface area contributed by atoms with Crippen LogP contribution in [0.1, 0.15) is 47.8 Å². The number of hydrogen-bond acceptors (Lipinski definition) is 5. The van der Waals surface area contributed by atoms with Gasteiger partial charge in [0.25, 0.3) is 5.91 Å². The molecule has 0 bridgehead atoms. The van der Waals surface area contributed by atoms with E-state index in [9.17, 15) is 4.79 Å². The average molecular weight is 341 g/mol. The van der Waals surface area contributed by atoms with Crippen LogP contribution in [0, 0.1) is 5.92 Å². The Morgan fingerprint density at radius 1 is 1.20 bits per heavy atom. The molecule has 1 amide bonds. The highest BCUT2D eigenvalue weighted by molar-refractivity contribution is 5.92. The number of rotatable bonds is 7. The number of aromatic nitrogens is 5. The topological polar surface area (TPSA) is 80.9 Å². The summed E-state index contributed by atoms with van der Waals surface area (Å²) in [7, 11) is 0. The van der Waals surface area contributed by atoms with Gasteiger partial charge in [-0.15, -0.1) is 5.10 Å². The van der Waals surface area contributed by atoms with E-state index in [1.807, 2.05) is 6.20 Å². The average Bonchev–Trinajstić information content (AvgIpc) is 3.48. The highest BCUT2D eigenvalue weighted by Gasteiger charge is 2.30. The third-order valence-corrected chi connectivity index (χ3v) is 5.19. The molecule has 1 aliphatic heterocycles. The van der Waals surface area contributed by atoms with E-state index < -0.39 is 0 Å². The molecular formula is C17H23N7O. The van der Waals surface area contributed by atoms with Crippen molar-refractivity contribution < 1.29 is 4.79 Å². The zero-order chi connectivity index (χ0) is 16.8. The molecule has 1 saturated heterocycles. The quantitative estimate of drug-likeness (QED) is 0.807. The van der Waals surface area contributed by atoms with Gasteiger partial charge in [0.1, 0.15) is 0 Å². The Morgan fingerprint density at radius 2 is 2.04 bits per heavy atom. The van der Waals surface area contributed by atoms with Gasteiger partial charge in [-0.3, -0.25) is 14.4 Å². The van der Waals surface area contributed by atoms with Gasteiger partial charge in [0.2, 0.25) is 0 Å². The molecule has 3 aliphatic rings. The van der Waals surface area contributed by atoms with E-state index in [2.05, 4.69) is 36.5 Å². The molecule has 132 valence electrons. The van der Waals surface area contributed by atoms with Crippen molar-refractivity contribution in [1.82, 2.24) is 35.0 Å². The van der Waals surface area contributed by atoms with Gasteiger partial charge in [-0.25, -0.2) is 4.68 Å². The smallest absolute Gasteiger partial charge is 0.273 e. The Balaban J connectivity index is 1.07. The molecule has 25 heavy (non-hydrogen) atoms. The van der Waals surface area contributed by atoms with Crippen LogP contribution in [0.15, 0.2) is 18.6 Å². The number of amides is 1. The lowest BCUT2D eigenvalue weighted by Crippen LogP contribution is -2.58. The Kier molecular flexibility index (Phi) is 3.58. The molecule has 0 unspecified atom stereocenters. The molecular weight excluding hydrogens is 318 g/mol. The minimum Gasteiger partial charge on any atom is -0.345 e. The summed E-state index contributed by atoms with van der Waals surface area (Å²) in [6.45, 7) is 3.70. The number of hydrogen-bond donors (Lipinski definition) is 1. The summed E-state index contributed by atoms with van der Waals surface area (Å²) in [4.78, 5) is 14.5. The van der Waals surface area contributed by atoms with Crippen LogP contribution in [0.3, 0.4) is 0 Å². The van der Waals surface area contributed by atoms with Gasteiger partial charge in [-0.1, -0.05) is 5.21 Å². The van der Waals surface area contributed by atoms with Crippen LogP contribution in [0.2, 0.25) is 0 Å². The minimum atomic E-state index is -0.117. The summed E-state index contributed by atoms with van der Waals surface area (Å²) in [6.07, 6.45) is 10.8. The van der Waals surface area contributed by atoms with E-state index in [1.54, 1.807) is 10.9 Å². The van der Waals surface area contributed by atoms with E-state index in [0.717, 1.165) is 44.9 Å². The number of likely N-dealkylation sites (tertiary alicyclic amines) is 1. The first-order valence-electron chi connectivity index (χ1n) is 9.19. The SMILES string of the molecule is O=C(NC1CN(Cc2cnn(CC3CC3)c2)C1)c1cn(C2CC2)nn1. The first kappa shape index (κ1) is 15.1. The van der Waals surface area contributed by atoms with E-state index in [4.69, 9.17) is 0 Å². The van der Waals surface area contributed by atoms with Gasteiger partial charge < -0.3 is 5.32 Å². The summed E-state index contributed by atoms with van der Waals surface area (Å²) in [5.74, 6) is 0.725. The lowest BCUT2D eigenvalue weighted by Gasteiger charge is -2.39. The highest BCUT2D eigenvalue weighted by atomic mass is 16.2. The zero-order valence-electron chi connectivity index (χ0n) is 14.2. The van der Waals surface area contributed by atoms with Crippen LogP contribution < -0.4 is 5.32 Å². The Morgan fingerprint density at radius 3 is 2.80 bits per heavy atom. The van der Waals surface area contributed by atoms with Crippen molar-refractivity contribution in [1.29, 1.82) is 0 Å². The first-order valence-corrected chi connectivity index (χ1v) is 9.19. The van der Waals surface area contributed by atoms with Gasteiger partial charge in [0, 0.05) is 37.9 Å². The predicted octanol–water partition coefficient (Wildman–Crippen LogP) is 0.834. The van der Waals surface area contributed by atoms with Gasteiger partial charge in [0.05, 0.1) is 24.5 Å². The second-order valence-corrected chi connectivity index (χ2v) is 7.69. The van der Waals surface area contributed by atoms with Crippen molar-refractivity contribution >= 4 is 5.91 Å². The van der Waals surface area contributed by atoms with E-state index in [-0.39, 0.29) is 11.9 Å². The number of nitrogens with one attached hydrogen (secondary N) is 1. The first-order chi connectivity index (χ1) is 12.2. The molecule has 0 aromatic carbocycles. The second-order valence-electron chi connectivity index (χ2n) is 7.69. The Bertz CT molecular complexity index is 768. The van der Waals surface area contributed by atoms with E-state index in [1.165, 1.54) is 18.4 Å². The van der Waals surface area contributed by atoms with Gasteiger partial charge in [0.15, 0.2) is 5.69 Å². The summed E-state index contributed by atoms with van der Waals surface area (Å²) in [6, 6.07) is 0.647. The molecule has 2 aliphatic carbocycles. The number of nitrogens with zero attached hydrogens (tertiary/aromatic N) is 6. The predicted molar refractivity (Wildman–Crippen MR) is 89.8 cm³/mol. The van der Waals surface area contributed by atoms with Gasteiger partial charge in [-0.05, 0) is 31.6 Å². The van der Waals surface area contributed by atoms with Crippen molar-refractivity contribution in [3.05, 3.63) is 29.8 Å². The van der Waals surface area contributed by atoms with Crippen LogP contribution in [-0.2, 0) is 13.1 Å². The Hall–Kier alpha value is -2.22. The maximum atomic E-state index is 12.2. The largest absolute Gasteiger partial charge is 0.345 e. The zero-order valence-corrected chi connectivity index (χ0v) is 14.2. The molecule has 2 aromatic rings. The molecule has 0 radical (unpaired) electrons. The van der Waals surface area contributed by atoms with Crippen LogP contribution in [0.5, 0.6) is 0 Å². The highest BCUT2D eigenvalue weighted by Crippen LogP contribution is 2.33. The van der Waals surface area contributed by atoms with Crippen LogP contribution >= 0.6 is 0 Å².